The van der Waals surface area contributed by atoms with Crippen molar-refractivity contribution < 1.29 is 18.8 Å². The van der Waals surface area contributed by atoms with Gasteiger partial charge in [-0.05, 0) is 45.7 Å². The molecule has 1 aromatic rings. The predicted molar refractivity (Wildman–Crippen MR) is 89.7 cm³/mol. The van der Waals surface area contributed by atoms with E-state index >= 15 is 0 Å². The van der Waals surface area contributed by atoms with Crippen molar-refractivity contribution in [2.45, 2.75) is 51.1 Å². The Morgan fingerprint density at radius 3 is 2.43 bits per heavy atom. The first kappa shape index (κ1) is 16.3. The number of para-hydroxylation sites is 1. The van der Waals surface area contributed by atoms with E-state index in [1.165, 1.54) is 7.11 Å². The summed E-state index contributed by atoms with van der Waals surface area (Å²) in [5, 5.41) is 0. The lowest BCUT2D eigenvalue weighted by Gasteiger charge is -2.34. The van der Waals surface area contributed by atoms with E-state index in [2.05, 4.69) is 0 Å². The molecule has 0 spiro atoms. The maximum absolute atomic E-state index is 12.2. The van der Waals surface area contributed by atoms with Crippen LogP contribution in [0.4, 0.5) is 10.5 Å². The first-order valence-electron chi connectivity index (χ1n) is 8.04. The molecule has 2 aliphatic rings. The molecule has 0 bridgehead atoms. The van der Waals surface area contributed by atoms with E-state index in [0.717, 1.165) is 17.7 Å². The largest absolute Gasteiger partial charge is 0.463 e. The zero-order chi connectivity index (χ0) is 16.8. The van der Waals surface area contributed by atoms with Gasteiger partial charge in [0.2, 0.25) is 0 Å². The first-order valence-corrected chi connectivity index (χ1v) is 8.04. The SMILES string of the molecule is COC(=O)N1C[C@H](B2OC(C)(C)C(C)(C)O2)Cc2ccccc21. The van der Waals surface area contributed by atoms with Crippen LogP contribution < -0.4 is 4.90 Å². The van der Waals surface area contributed by atoms with Crippen LogP contribution >= 0.6 is 0 Å². The van der Waals surface area contributed by atoms with Crippen LogP contribution in [0.5, 0.6) is 0 Å². The van der Waals surface area contributed by atoms with E-state index in [1.54, 1.807) is 4.90 Å². The summed E-state index contributed by atoms with van der Waals surface area (Å²) in [6.45, 7) is 8.70. The maximum atomic E-state index is 12.2. The fraction of sp³-hybridized carbons (Fsp3) is 0.588. The third kappa shape index (κ3) is 2.74. The number of anilines is 1. The van der Waals surface area contributed by atoms with Crippen molar-refractivity contribution in [1.82, 2.24) is 0 Å². The number of amides is 1. The highest BCUT2D eigenvalue weighted by molar-refractivity contribution is 6.48. The molecule has 5 nitrogen and oxygen atoms in total. The quantitative estimate of drug-likeness (QED) is 0.746. The Morgan fingerprint density at radius 2 is 1.83 bits per heavy atom. The average Bonchev–Trinajstić information content (AvgIpc) is 2.73. The minimum Gasteiger partial charge on any atom is -0.452 e. The van der Waals surface area contributed by atoms with Gasteiger partial charge in [-0.25, -0.2) is 4.79 Å². The van der Waals surface area contributed by atoms with Gasteiger partial charge in [0.15, 0.2) is 0 Å². The Bertz CT molecular complexity index is 600. The molecule has 1 fully saturated rings. The van der Waals surface area contributed by atoms with Crippen molar-refractivity contribution in [1.29, 1.82) is 0 Å². The molecule has 2 aliphatic heterocycles. The summed E-state index contributed by atoms with van der Waals surface area (Å²) in [5.74, 6) is 0.0741. The lowest BCUT2D eigenvalue weighted by Crippen LogP contribution is -2.43. The lowest BCUT2D eigenvalue weighted by atomic mass is 9.67. The van der Waals surface area contributed by atoms with Crippen LogP contribution in [0.25, 0.3) is 0 Å². The van der Waals surface area contributed by atoms with Crippen LogP contribution in [-0.4, -0.2) is 38.1 Å². The van der Waals surface area contributed by atoms with Gasteiger partial charge in [0, 0.05) is 12.4 Å². The number of methoxy groups -OCH3 is 1. The fourth-order valence-electron chi connectivity index (χ4n) is 3.17. The van der Waals surface area contributed by atoms with Gasteiger partial charge in [-0.2, -0.15) is 0 Å². The molecule has 2 heterocycles. The smallest absolute Gasteiger partial charge is 0.452 e. The topological polar surface area (TPSA) is 48.0 Å². The van der Waals surface area contributed by atoms with Crippen LogP contribution in [0, 0.1) is 0 Å². The summed E-state index contributed by atoms with van der Waals surface area (Å²) < 4.78 is 17.3. The van der Waals surface area contributed by atoms with Crippen LogP contribution in [0.3, 0.4) is 0 Å². The number of nitrogens with zero attached hydrogens (tertiary/aromatic N) is 1. The highest BCUT2D eigenvalue weighted by Crippen LogP contribution is 2.43. The van der Waals surface area contributed by atoms with Gasteiger partial charge >= 0.3 is 13.2 Å². The van der Waals surface area contributed by atoms with Crippen molar-refractivity contribution in [3.05, 3.63) is 29.8 Å². The molecule has 3 rings (SSSR count). The molecular weight excluding hydrogens is 293 g/mol. The van der Waals surface area contributed by atoms with Crippen molar-refractivity contribution in [2.24, 2.45) is 0 Å². The third-order valence-corrected chi connectivity index (χ3v) is 5.23. The van der Waals surface area contributed by atoms with E-state index < -0.39 is 0 Å². The number of rotatable bonds is 1. The molecular formula is C17H24BNO4. The van der Waals surface area contributed by atoms with Gasteiger partial charge in [-0.1, -0.05) is 18.2 Å². The van der Waals surface area contributed by atoms with Crippen molar-refractivity contribution in [3.8, 4) is 0 Å². The standard InChI is InChI=1S/C17H24BNO4/c1-16(2)17(3,4)23-18(22-16)13-10-12-8-6-7-9-14(12)19(11-13)15(20)21-5/h6-9,13H,10-11H2,1-5H3/t13-/m1/s1. The number of carbonyl (C=O) groups excluding carboxylic acids is 1. The van der Waals surface area contributed by atoms with Crippen LogP contribution in [0.2, 0.25) is 5.82 Å². The normalized spacial score (nSPS) is 25.2. The van der Waals surface area contributed by atoms with Gasteiger partial charge < -0.3 is 14.0 Å². The van der Waals surface area contributed by atoms with E-state index in [9.17, 15) is 4.79 Å². The Morgan fingerprint density at radius 1 is 1.22 bits per heavy atom. The summed E-state index contributed by atoms with van der Waals surface area (Å²) in [5.41, 5.74) is 1.28. The Hall–Kier alpha value is -1.53. The van der Waals surface area contributed by atoms with Crippen molar-refractivity contribution in [3.63, 3.8) is 0 Å². The lowest BCUT2D eigenvalue weighted by molar-refractivity contribution is 0.00578. The van der Waals surface area contributed by atoms with Crippen molar-refractivity contribution >= 4 is 18.9 Å². The number of hydrogen-bond donors (Lipinski definition) is 0. The highest BCUT2D eigenvalue weighted by atomic mass is 16.7. The summed E-state index contributed by atoms with van der Waals surface area (Å²) in [4.78, 5) is 13.8. The fourth-order valence-corrected chi connectivity index (χ4v) is 3.17. The van der Waals surface area contributed by atoms with Gasteiger partial charge in [0.05, 0.1) is 24.0 Å². The van der Waals surface area contributed by atoms with E-state index in [-0.39, 0.29) is 30.2 Å². The highest BCUT2D eigenvalue weighted by Gasteiger charge is 2.54. The summed E-state index contributed by atoms with van der Waals surface area (Å²) >= 11 is 0. The molecule has 0 saturated carbocycles. The summed E-state index contributed by atoms with van der Waals surface area (Å²) in [6, 6.07) is 7.92. The minimum atomic E-state index is -0.370. The molecule has 0 aromatic heterocycles. The molecule has 1 aromatic carbocycles. The third-order valence-electron chi connectivity index (χ3n) is 5.23. The molecule has 0 aliphatic carbocycles. The molecule has 6 heteroatoms. The molecule has 1 amide bonds. The van der Waals surface area contributed by atoms with E-state index in [0.29, 0.717) is 6.54 Å². The first-order chi connectivity index (χ1) is 10.7. The molecule has 23 heavy (non-hydrogen) atoms. The van der Waals surface area contributed by atoms with Gasteiger partial charge in [0.25, 0.3) is 0 Å². The van der Waals surface area contributed by atoms with Crippen LogP contribution in [0.15, 0.2) is 24.3 Å². The second-order valence-electron chi connectivity index (χ2n) is 7.30. The maximum Gasteiger partial charge on any atom is 0.463 e. The average molecular weight is 317 g/mol. The number of hydrogen-bond acceptors (Lipinski definition) is 4. The molecule has 0 radical (unpaired) electrons. The minimum absolute atomic E-state index is 0.0741. The second-order valence-corrected chi connectivity index (χ2v) is 7.30. The molecule has 0 N–H and O–H groups in total. The zero-order valence-corrected chi connectivity index (χ0v) is 14.5. The predicted octanol–water partition coefficient (Wildman–Crippen LogP) is 3.28. The van der Waals surface area contributed by atoms with Gasteiger partial charge in [-0.15, -0.1) is 0 Å². The molecule has 0 unspecified atom stereocenters. The van der Waals surface area contributed by atoms with Gasteiger partial charge in [-0.3, -0.25) is 4.90 Å². The van der Waals surface area contributed by atoms with Crippen LogP contribution in [-0.2, 0) is 20.5 Å². The monoisotopic (exact) mass is 317 g/mol. The Kier molecular flexibility index (Phi) is 3.93. The zero-order valence-electron chi connectivity index (χ0n) is 14.5. The van der Waals surface area contributed by atoms with E-state index in [1.807, 2.05) is 52.0 Å². The van der Waals surface area contributed by atoms with Crippen molar-refractivity contribution in [2.75, 3.05) is 18.6 Å². The van der Waals surface area contributed by atoms with E-state index in [4.69, 9.17) is 14.0 Å². The second kappa shape index (κ2) is 5.53. The molecule has 1 atom stereocenters. The molecule has 124 valence electrons. The van der Waals surface area contributed by atoms with Gasteiger partial charge in [0.1, 0.15) is 0 Å². The summed E-state index contributed by atoms with van der Waals surface area (Å²) in [7, 11) is 1.07. The van der Waals surface area contributed by atoms with Crippen LogP contribution in [0.1, 0.15) is 33.3 Å². The number of fused-ring (bicyclic) bond motifs is 1. The molecule has 1 saturated heterocycles. The number of carbonyl (C=O) groups is 1. The Labute approximate surface area is 138 Å². The number of benzene rings is 1. The Balaban J connectivity index is 1.88. The summed E-state index contributed by atoms with van der Waals surface area (Å²) in [6.07, 6.45) is 0.471. The number of ether oxygens (including phenoxy) is 1.